The molecule has 0 aliphatic rings. The Morgan fingerprint density at radius 2 is 1.78 bits per heavy atom. The van der Waals surface area contributed by atoms with E-state index in [1.165, 1.54) is 7.11 Å². The zero-order valence-electron chi connectivity index (χ0n) is 6.14. The highest BCUT2D eigenvalue weighted by atomic mass is 35.7. The van der Waals surface area contributed by atoms with E-state index in [1.807, 2.05) is 0 Å². The van der Waals surface area contributed by atoms with E-state index < -0.39 is 11.9 Å². The predicted molar refractivity (Wildman–Crippen MR) is 40.2 cm³/mol. The highest BCUT2D eigenvalue weighted by molar-refractivity contribution is 7.86. The van der Waals surface area contributed by atoms with Gasteiger partial charge in [0.05, 0.1) is 5.16 Å². The first-order chi connectivity index (χ1) is 3.81. The maximum Gasteiger partial charge on any atom is 0.295 e. The van der Waals surface area contributed by atoms with Crippen LogP contribution in [0.5, 0.6) is 0 Å². The lowest BCUT2D eigenvalue weighted by Crippen LogP contribution is -2.11. The van der Waals surface area contributed by atoms with Crippen molar-refractivity contribution in [3.8, 4) is 0 Å². The molecule has 0 radical (unpaired) electrons. The minimum Gasteiger partial charge on any atom is -0.321 e. The largest absolute Gasteiger partial charge is 0.321 e. The third-order valence-electron chi connectivity index (χ3n) is 1.04. The van der Waals surface area contributed by atoms with Crippen LogP contribution in [0.3, 0.4) is 0 Å². The first-order valence-corrected chi connectivity index (χ1v) is 5.20. The van der Waals surface area contributed by atoms with Crippen molar-refractivity contribution in [2.24, 2.45) is 0 Å². The zero-order valence-corrected chi connectivity index (χ0v) is 7.79. The van der Waals surface area contributed by atoms with E-state index in [-0.39, 0.29) is 0 Å². The number of hydrogen-bond donors (Lipinski definition) is 0. The monoisotopic (exact) mass is 170 g/mol. The lowest BCUT2D eigenvalue weighted by Gasteiger charge is -2.22. The topological polar surface area (TPSA) is 26.3 Å². The highest BCUT2D eigenvalue weighted by Gasteiger charge is 2.34. The molecule has 0 fully saturated rings. The molecule has 0 aromatic rings. The summed E-state index contributed by atoms with van der Waals surface area (Å²) in [6.07, 6.45) is 0. The third kappa shape index (κ3) is 2.29. The molecule has 0 saturated carbocycles. The molecule has 2 nitrogen and oxygen atoms in total. The van der Waals surface area contributed by atoms with Crippen molar-refractivity contribution >= 4 is 18.0 Å². The molecule has 1 unspecified atom stereocenters. The number of rotatable bonds is 1. The lowest BCUT2D eigenvalue weighted by molar-refractivity contribution is 0.386. The molecule has 0 heterocycles. The van der Waals surface area contributed by atoms with Gasteiger partial charge in [0.25, 0.3) is 6.72 Å². The van der Waals surface area contributed by atoms with Gasteiger partial charge >= 0.3 is 0 Å². The van der Waals surface area contributed by atoms with Crippen molar-refractivity contribution < 1.29 is 9.09 Å². The summed E-state index contributed by atoms with van der Waals surface area (Å²) in [5.41, 5.74) is 0. The van der Waals surface area contributed by atoms with Gasteiger partial charge < -0.3 is 4.52 Å². The van der Waals surface area contributed by atoms with Gasteiger partial charge in [-0.3, -0.25) is 4.57 Å². The third-order valence-corrected chi connectivity index (χ3v) is 5.04. The molecule has 56 valence electrons. The zero-order chi connectivity index (χ0) is 7.71. The SMILES string of the molecule is COP(=O)(Cl)C(C)(C)C. The van der Waals surface area contributed by atoms with Crippen LogP contribution in [0, 0.1) is 0 Å². The summed E-state index contributed by atoms with van der Waals surface area (Å²) < 4.78 is 15.8. The van der Waals surface area contributed by atoms with Crippen LogP contribution < -0.4 is 0 Å². The number of hydrogen-bond acceptors (Lipinski definition) is 2. The van der Waals surface area contributed by atoms with Gasteiger partial charge in [0.15, 0.2) is 0 Å². The Hall–Kier alpha value is 0.480. The molecular weight excluding hydrogens is 158 g/mol. The second-order valence-electron chi connectivity index (χ2n) is 2.83. The van der Waals surface area contributed by atoms with E-state index in [1.54, 1.807) is 20.8 Å². The highest BCUT2D eigenvalue weighted by Crippen LogP contribution is 2.62. The fourth-order valence-corrected chi connectivity index (χ4v) is 0.822. The average Bonchev–Trinajstić information content (AvgIpc) is 1.64. The summed E-state index contributed by atoms with van der Waals surface area (Å²) >= 11 is 5.53. The molecule has 0 bridgehead atoms. The van der Waals surface area contributed by atoms with Crippen LogP contribution >= 0.6 is 18.0 Å². The fourth-order valence-electron chi connectivity index (χ4n) is 0.274. The molecule has 0 saturated heterocycles. The first-order valence-electron chi connectivity index (χ1n) is 2.67. The summed E-state index contributed by atoms with van der Waals surface area (Å²) in [6, 6.07) is 0. The van der Waals surface area contributed by atoms with Crippen LogP contribution in [0.2, 0.25) is 0 Å². The van der Waals surface area contributed by atoms with Gasteiger partial charge in [-0.05, 0) is 32.0 Å². The molecular formula is C5H12ClO2P. The lowest BCUT2D eigenvalue weighted by atomic mass is 10.3. The maximum atomic E-state index is 11.1. The van der Waals surface area contributed by atoms with Crippen molar-refractivity contribution in [3.63, 3.8) is 0 Å². The Bertz CT molecular complexity index is 138. The Morgan fingerprint density at radius 3 is 1.78 bits per heavy atom. The molecule has 1 atom stereocenters. The van der Waals surface area contributed by atoms with E-state index in [4.69, 9.17) is 11.2 Å². The fraction of sp³-hybridized carbons (Fsp3) is 1.00. The Labute approximate surface area is 60.8 Å². The van der Waals surface area contributed by atoms with Gasteiger partial charge in [-0.15, -0.1) is 0 Å². The van der Waals surface area contributed by atoms with Gasteiger partial charge in [0.1, 0.15) is 0 Å². The summed E-state index contributed by atoms with van der Waals surface area (Å²) in [6.45, 7) is 2.46. The summed E-state index contributed by atoms with van der Waals surface area (Å²) in [5, 5.41) is -0.455. The van der Waals surface area contributed by atoms with Crippen molar-refractivity contribution in [1.82, 2.24) is 0 Å². The summed E-state index contributed by atoms with van der Waals surface area (Å²) in [7, 11) is 1.36. The van der Waals surface area contributed by atoms with Crippen molar-refractivity contribution in [3.05, 3.63) is 0 Å². The molecule has 0 aliphatic carbocycles. The van der Waals surface area contributed by atoms with E-state index in [0.29, 0.717) is 0 Å². The smallest absolute Gasteiger partial charge is 0.295 e. The van der Waals surface area contributed by atoms with Crippen molar-refractivity contribution in [2.75, 3.05) is 7.11 Å². The van der Waals surface area contributed by atoms with Gasteiger partial charge in [-0.2, -0.15) is 0 Å². The Balaban J connectivity index is 4.35. The minimum atomic E-state index is -2.89. The molecule has 0 spiro atoms. The molecule has 4 heteroatoms. The first kappa shape index (κ1) is 9.48. The molecule has 0 aromatic heterocycles. The molecule has 0 aromatic carbocycles. The maximum absolute atomic E-state index is 11.1. The number of halogens is 1. The molecule has 0 amide bonds. The van der Waals surface area contributed by atoms with Gasteiger partial charge in [0, 0.05) is 7.11 Å². The Kier molecular flexibility index (Phi) is 2.75. The van der Waals surface area contributed by atoms with E-state index in [9.17, 15) is 4.57 Å². The molecule has 0 rings (SSSR count). The molecule has 9 heavy (non-hydrogen) atoms. The summed E-state index contributed by atoms with van der Waals surface area (Å²) in [4.78, 5) is 0. The second-order valence-corrected chi connectivity index (χ2v) is 6.83. The molecule has 0 N–H and O–H groups in total. The van der Waals surface area contributed by atoms with Crippen LogP contribution in [-0.2, 0) is 9.09 Å². The summed E-state index contributed by atoms with van der Waals surface area (Å²) in [5.74, 6) is 0. The van der Waals surface area contributed by atoms with Crippen molar-refractivity contribution in [2.45, 2.75) is 25.9 Å². The van der Waals surface area contributed by atoms with Crippen LogP contribution in [0.4, 0.5) is 0 Å². The normalized spacial score (nSPS) is 19.2. The van der Waals surface area contributed by atoms with Crippen LogP contribution in [0.15, 0.2) is 0 Å². The quantitative estimate of drug-likeness (QED) is 0.566. The average molecular weight is 171 g/mol. The van der Waals surface area contributed by atoms with Gasteiger partial charge in [-0.25, -0.2) is 0 Å². The van der Waals surface area contributed by atoms with Crippen LogP contribution in [-0.4, -0.2) is 12.3 Å². The van der Waals surface area contributed by atoms with Gasteiger partial charge in [0.2, 0.25) is 0 Å². The Morgan fingerprint density at radius 1 is 1.44 bits per heavy atom. The second kappa shape index (κ2) is 2.61. The van der Waals surface area contributed by atoms with Crippen LogP contribution in [0.1, 0.15) is 20.8 Å². The van der Waals surface area contributed by atoms with E-state index >= 15 is 0 Å². The van der Waals surface area contributed by atoms with E-state index in [2.05, 4.69) is 4.52 Å². The van der Waals surface area contributed by atoms with Gasteiger partial charge in [-0.1, -0.05) is 0 Å². The minimum absolute atomic E-state index is 0.455. The van der Waals surface area contributed by atoms with Crippen LogP contribution in [0.25, 0.3) is 0 Å². The predicted octanol–water partition coefficient (Wildman–Crippen LogP) is 2.86. The standard InChI is InChI=1S/C5H12ClO2P/c1-5(2,3)9(6,7)8-4/h1-4H3. The van der Waals surface area contributed by atoms with E-state index in [0.717, 1.165) is 0 Å². The molecule has 0 aliphatic heterocycles. The van der Waals surface area contributed by atoms with Crippen molar-refractivity contribution in [1.29, 1.82) is 0 Å².